The number of fused-ring (bicyclic) bond motifs is 2. The molecule has 0 spiro atoms. The van der Waals surface area contributed by atoms with Gasteiger partial charge in [-0.15, -0.1) is 0 Å². The van der Waals surface area contributed by atoms with Crippen LogP contribution in [-0.4, -0.2) is 26.8 Å². The lowest BCUT2D eigenvalue weighted by molar-refractivity contribution is 0.520. The summed E-state index contributed by atoms with van der Waals surface area (Å²) in [5.41, 5.74) is 2.33. The first-order valence-corrected chi connectivity index (χ1v) is 8.55. The number of benzene rings is 2. The number of hydrogen-bond acceptors (Lipinski definition) is 3. The van der Waals surface area contributed by atoms with Gasteiger partial charge < -0.3 is 0 Å². The van der Waals surface area contributed by atoms with Gasteiger partial charge in [0.25, 0.3) is 0 Å². The molecule has 0 unspecified atom stereocenters. The molecule has 0 atom stereocenters. The van der Waals surface area contributed by atoms with Crippen LogP contribution in [0.1, 0.15) is 11.1 Å². The van der Waals surface area contributed by atoms with E-state index in [-0.39, 0.29) is 0 Å². The molecular weight excluding hydrogens is 290 g/mol. The van der Waals surface area contributed by atoms with Crippen molar-refractivity contribution in [2.45, 2.75) is 21.1 Å². The number of rotatable bonds is 2. The first-order valence-electron chi connectivity index (χ1n) is 6.30. The lowest BCUT2D eigenvalue weighted by Crippen LogP contribution is -2.22. The quantitative estimate of drug-likeness (QED) is 0.730. The molecule has 0 saturated heterocycles. The van der Waals surface area contributed by atoms with Gasteiger partial charge in [-0.3, -0.25) is 0 Å². The Kier molecular flexibility index (Phi) is 3.36. The molecule has 5 heteroatoms. The highest BCUT2D eigenvalue weighted by Gasteiger charge is 2.21. The average Bonchev–Trinajstić information content (AvgIpc) is 2.44. The highest BCUT2D eigenvalue weighted by atomic mass is 32.2. The van der Waals surface area contributed by atoms with Crippen molar-refractivity contribution in [3.8, 4) is 0 Å². The standard InChI is InChI=1S/C15H15NO2S2/c1-16(2)20(17,18)13-7-8-15-12(10-13)9-11-5-3-4-6-14(11)19-15/h3-8,10H,9H2,1-2H3. The minimum absolute atomic E-state index is 0.362. The monoisotopic (exact) mass is 305 g/mol. The van der Waals surface area contributed by atoms with Crippen molar-refractivity contribution in [3.63, 3.8) is 0 Å². The van der Waals surface area contributed by atoms with Gasteiger partial charge in [0.2, 0.25) is 10.0 Å². The second-order valence-electron chi connectivity index (χ2n) is 4.94. The molecule has 0 radical (unpaired) electrons. The van der Waals surface area contributed by atoms with Gasteiger partial charge in [-0.1, -0.05) is 30.0 Å². The van der Waals surface area contributed by atoms with Crippen LogP contribution in [0.3, 0.4) is 0 Å². The minimum Gasteiger partial charge on any atom is -0.207 e. The Hall–Kier alpha value is -1.30. The number of nitrogens with zero attached hydrogens (tertiary/aromatic N) is 1. The van der Waals surface area contributed by atoms with Crippen molar-refractivity contribution in [1.29, 1.82) is 0 Å². The maximum Gasteiger partial charge on any atom is 0.242 e. The molecule has 0 bridgehead atoms. The molecule has 2 aromatic carbocycles. The summed E-state index contributed by atoms with van der Waals surface area (Å²) in [5, 5.41) is 0. The fourth-order valence-electron chi connectivity index (χ4n) is 2.24. The molecule has 0 N–H and O–H groups in total. The van der Waals surface area contributed by atoms with Crippen LogP contribution in [0.2, 0.25) is 0 Å². The third kappa shape index (κ3) is 2.26. The van der Waals surface area contributed by atoms with E-state index in [0.717, 1.165) is 16.9 Å². The second-order valence-corrected chi connectivity index (χ2v) is 8.18. The van der Waals surface area contributed by atoms with Gasteiger partial charge in [0.15, 0.2) is 0 Å². The van der Waals surface area contributed by atoms with E-state index in [1.54, 1.807) is 38.0 Å². The Balaban J connectivity index is 2.05. The first-order chi connectivity index (χ1) is 9.48. The molecule has 104 valence electrons. The molecule has 0 fully saturated rings. The van der Waals surface area contributed by atoms with Crippen LogP contribution in [-0.2, 0) is 16.4 Å². The molecule has 3 rings (SSSR count). The summed E-state index contributed by atoms with van der Waals surface area (Å²) < 4.78 is 25.6. The van der Waals surface area contributed by atoms with E-state index in [4.69, 9.17) is 0 Å². The summed E-state index contributed by atoms with van der Waals surface area (Å²) in [6, 6.07) is 13.6. The van der Waals surface area contributed by atoms with Crippen LogP contribution in [0, 0.1) is 0 Å². The van der Waals surface area contributed by atoms with Gasteiger partial charge in [-0.2, -0.15) is 0 Å². The molecular formula is C15H15NO2S2. The third-order valence-corrected chi connectivity index (χ3v) is 6.43. The van der Waals surface area contributed by atoms with Gasteiger partial charge in [0.05, 0.1) is 4.90 Å². The van der Waals surface area contributed by atoms with Gasteiger partial charge in [-0.05, 0) is 41.8 Å². The van der Waals surface area contributed by atoms with Crippen LogP contribution in [0.15, 0.2) is 57.2 Å². The highest BCUT2D eigenvalue weighted by Crippen LogP contribution is 2.40. The smallest absolute Gasteiger partial charge is 0.207 e. The maximum atomic E-state index is 12.2. The molecule has 1 aliphatic rings. The van der Waals surface area contributed by atoms with Crippen LogP contribution in [0.25, 0.3) is 0 Å². The maximum absolute atomic E-state index is 12.2. The third-order valence-electron chi connectivity index (χ3n) is 3.38. The minimum atomic E-state index is -3.36. The van der Waals surface area contributed by atoms with Crippen molar-refractivity contribution in [2.75, 3.05) is 14.1 Å². The topological polar surface area (TPSA) is 37.4 Å². The van der Waals surface area contributed by atoms with Gasteiger partial charge in [0.1, 0.15) is 0 Å². The molecule has 1 heterocycles. The van der Waals surface area contributed by atoms with E-state index in [9.17, 15) is 8.42 Å². The van der Waals surface area contributed by atoms with Gasteiger partial charge in [0, 0.05) is 23.9 Å². The summed E-state index contributed by atoms with van der Waals surface area (Å²) in [7, 11) is -0.255. The van der Waals surface area contributed by atoms with Crippen LogP contribution >= 0.6 is 11.8 Å². The Morgan fingerprint density at radius 3 is 2.45 bits per heavy atom. The molecule has 20 heavy (non-hydrogen) atoms. The molecule has 2 aromatic rings. The molecule has 3 nitrogen and oxygen atoms in total. The Morgan fingerprint density at radius 1 is 1.00 bits per heavy atom. The predicted molar refractivity (Wildman–Crippen MR) is 80.7 cm³/mol. The van der Waals surface area contributed by atoms with E-state index >= 15 is 0 Å². The molecule has 0 aromatic heterocycles. The van der Waals surface area contributed by atoms with Crippen LogP contribution in [0.4, 0.5) is 0 Å². The second kappa shape index (κ2) is 4.91. The SMILES string of the molecule is CN(C)S(=O)(=O)c1ccc2c(c1)Cc1ccccc1S2. The van der Waals surface area contributed by atoms with E-state index in [1.807, 2.05) is 18.2 Å². The van der Waals surface area contributed by atoms with Crippen molar-refractivity contribution in [2.24, 2.45) is 0 Å². The first kappa shape index (κ1) is 13.7. The molecule has 0 amide bonds. The average molecular weight is 305 g/mol. The van der Waals surface area contributed by atoms with Crippen molar-refractivity contribution in [1.82, 2.24) is 4.31 Å². The summed E-state index contributed by atoms with van der Waals surface area (Å²) in [5.74, 6) is 0. The van der Waals surface area contributed by atoms with Crippen molar-refractivity contribution < 1.29 is 8.42 Å². The van der Waals surface area contributed by atoms with E-state index in [2.05, 4.69) is 12.1 Å². The fraction of sp³-hybridized carbons (Fsp3) is 0.200. The van der Waals surface area contributed by atoms with Gasteiger partial charge >= 0.3 is 0 Å². The van der Waals surface area contributed by atoms with Gasteiger partial charge in [-0.25, -0.2) is 12.7 Å². The zero-order chi connectivity index (χ0) is 14.3. The zero-order valence-corrected chi connectivity index (χ0v) is 13.0. The lowest BCUT2D eigenvalue weighted by atomic mass is 10.0. The van der Waals surface area contributed by atoms with Crippen LogP contribution in [0.5, 0.6) is 0 Å². The summed E-state index contributed by atoms with van der Waals surface area (Å²) in [4.78, 5) is 2.76. The molecule has 0 aliphatic carbocycles. The summed E-state index contributed by atoms with van der Waals surface area (Å²) in [6.07, 6.45) is 0.787. The normalized spacial score (nSPS) is 13.9. The molecule has 1 aliphatic heterocycles. The largest absolute Gasteiger partial charge is 0.242 e. The fourth-order valence-corrected chi connectivity index (χ4v) is 4.24. The molecule has 0 saturated carbocycles. The Morgan fingerprint density at radius 2 is 1.70 bits per heavy atom. The van der Waals surface area contributed by atoms with Crippen LogP contribution < -0.4 is 0 Å². The van der Waals surface area contributed by atoms with Crippen molar-refractivity contribution >= 4 is 21.8 Å². The van der Waals surface area contributed by atoms with E-state index in [0.29, 0.717) is 4.90 Å². The number of hydrogen-bond donors (Lipinski definition) is 0. The lowest BCUT2D eigenvalue weighted by Gasteiger charge is -2.20. The summed E-state index contributed by atoms with van der Waals surface area (Å²) in [6.45, 7) is 0. The van der Waals surface area contributed by atoms with E-state index in [1.165, 1.54) is 14.8 Å². The van der Waals surface area contributed by atoms with E-state index < -0.39 is 10.0 Å². The number of sulfonamides is 1. The Bertz CT molecular complexity index is 767. The summed E-state index contributed by atoms with van der Waals surface area (Å²) >= 11 is 1.70. The highest BCUT2D eigenvalue weighted by molar-refractivity contribution is 7.99. The predicted octanol–water partition coefficient (Wildman–Crippen LogP) is 2.99. The Labute approximate surface area is 123 Å². The zero-order valence-electron chi connectivity index (χ0n) is 11.3. The van der Waals surface area contributed by atoms with Crippen molar-refractivity contribution in [3.05, 3.63) is 53.6 Å².